The topological polar surface area (TPSA) is 43.8 Å². The summed E-state index contributed by atoms with van der Waals surface area (Å²) in [5, 5.41) is 6.23. The Morgan fingerprint density at radius 2 is 1.90 bits per heavy atom. The molecule has 0 bridgehead atoms. The number of nitrogens with two attached hydrogens (primary N) is 1. The first-order valence-electron chi connectivity index (χ1n) is 6.82. The average Bonchev–Trinajstić information content (AvgIpc) is 2.70. The normalized spacial score (nSPS) is 12.7. The number of hydrogen-bond donors (Lipinski definition) is 1. The zero-order valence-corrected chi connectivity index (χ0v) is 14.3. The molecule has 0 aliphatic carbocycles. The third kappa shape index (κ3) is 3.92. The van der Waals surface area contributed by atoms with Crippen LogP contribution in [0.5, 0.6) is 0 Å². The minimum Gasteiger partial charge on any atom is -0.327 e. The SMILES string of the molecule is CCc1nn(C)c(CC(N)Cc2ccc(Cl)c(Cl)c2)c1Cl. The van der Waals surface area contributed by atoms with Crippen molar-refractivity contribution >= 4 is 34.8 Å². The van der Waals surface area contributed by atoms with Crippen LogP contribution in [0, 0.1) is 0 Å². The molecular weight excluding hydrogens is 329 g/mol. The van der Waals surface area contributed by atoms with Gasteiger partial charge in [0.2, 0.25) is 0 Å². The first kappa shape index (κ1) is 16.6. The molecule has 2 N–H and O–H groups in total. The lowest BCUT2D eigenvalue weighted by Gasteiger charge is -2.13. The predicted molar refractivity (Wildman–Crippen MR) is 89.4 cm³/mol. The molecule has 114 valence electrons. The van der Waals surface area contributed by atoms with E-state index in [0.29, 0.717) is 22.9 Å². The summed E-state index contributed by atoms with van der Waals surface area (Å²) in [5.74, 6) is 0. The minimum atomic E-state index is -0.0557. The molecule has 6 heteroatoms. The first-order valence-corrected chi connectivity index (χ1v) is 7.95. The van der Waals surface area contributed by atoms with Gasteiger partial charge < -0.3 is 5.73 Å². The Balaban J connectivity index is 2.09. The van der Waals surface area contributed by atoms with Gasteiger partial charge in [0.25, 0.3) is 0 Å². The fraction of sp³-hybridized carbons (Fsp3) is 0.400. The fourth-order valence-corrected chi connectivity index (χ4v) is 3.02. The summed E-state index contributed by atoms with van der Waals surface area (Å²) in [6, 6.07) is 5.53. The van der Waals surface area contributed by atoms with Crippen molar-refractivity contribution in [3.63, 3.8) is 0 Å². The number of benzene rings is 1. The second-order valence-corrected chi connectivity index (χ2v) is 6.29. The van der Waals surface area contributed by atoms with E-state index in [0.717, 1.165) is 28.4 Å². The molecule has 0 spiro atoms. The van der Waals surface area contributed by atoms with Crippen LogP contribution >= 0.6 is 34.8 Å². The van der Waals surface area contributed by atoms with Crippen LogP contribution in [-0.2, 0) is 26.3 Å². The van der Waals surface area contributed by atoms with Gasteiger partial charge in [-0.25, -0.2) is 0 Å². The van der Waals surface area contributed by atoms with Gasteiger partial charge in [-0.2, -0.15) is 5.10 Å². The van der Waals surface area contributed by atoms with Crippen molar-refractivity contribution in [2.75, 3.05) is 0 Å². The van der Waals surface area contributed by atoms with Gasteiger partial charge in [0, 0.05) is 19.5 Å². The van der Waals surface area contributed by atoms with E-state index < -0.39 is 0 Å². The van der Waals surface area contributed by atoms with Gasteiger partial charge in [-0.05, 0) is 30.5 Å². The maximum Gasteiger partial charge on any atom is 0.0850 e. The van der Waals surface area contributed by atoms with Crippen LogP contribution in [0.15, 0.2) is 18.2 Å². The quantitative estimate of drug-likeness (QED) is 0.887. The Morgan fingerprint density at radius 3 is 2.48 bits per heavy atom. The number of rotatable bonds is 5. The van der Waals surface area contributed by atoms with Gasteiger partial charge in [-0.15, -0.1) is 0 Å². The van der Waals surface area contributed by atoms with Gasteiger partial charge in [0.05, 0.1) is 26.5 Å². The highest BCUT2D eigenvalue weighted by molar-refractivity contribution is 6.42. The Labute approximate surface area is 140 Å². The molecule has 0 saturated heterocycles. The summed E-state index contributed by atoms with van der Waals surface area (Å²) in [5.41, 5.74) is 9.19. The van der Waals surface area contributed by atoms with Crippen LogP contribution in [0.1, 0.15) is 23.9 Å². The highest BCUT2D eigenvalue weighted by Crippen LogP contribution is 2.25. The number of nitrogens with zero attached hydrogens (tertiary/aromatic N) is 2. The van der Waals surface area contributed by atoms with Gasteiger partial charge in [-0.3, -0.25) is 4.68 Å². The highest BCUT2D eigenvalue weighted by Gasteiger charge is 2.16. The Kier molecular flexibility index (Phi) is 5.55. The maximum absolute atomic E-state index is 6.35. The molecule has 2 aromatic rings. The third-order valence-electron chi connectivity index (χ3n) is 3.44. The molecule has 1 aromatic heterocycles. The average molecular weight is 347 g/mol. The number of hydrogen-bond acceptors (Lipinski definition) is 2. The van der Waals surface area contributed by atoms with Crippen molar-refractivity contribution in [2.24, 2.45) is 12.8 Å². The van der Waals surface area contributed by atoms with Crippen molar-refractivity contribution in [2.45, 2.75) is 32.2 Å². The molecule has 21 heavy (non-hydrogen) atoms. The molecular formula is C15H18Cl3N3. The zero-order chi connectivity index (χ0) is 15.6. The van der Waals surface area contributed by atoms with Crippen molar-refractivity contribution in [1.29, 1.82) is 0 Å². The summed E-state index contributed by atoms with van der Waals surface area (Å²) in [4.78, 5) is 0. The minimum absolute atomic E-state index is 0.0557. The van der Waals surface area contributed by atoms with Crippen molar-refractivity contribution in [1.82, 2.24) is 9.78 Å². The molecule has 2 rings (SSSR count). The van der Waals surface area contributed by atoms with E-state index >= 15 is 0 Å². The number of halogens is 3. The van der Waals surface area contributed by atoms with Crippen LogP contribution < -0.4 is 5.73 Å². The molecule has 0 saturated carbocycles. The van der Waals surface area contributed by atoms with Crippen molar-refractivity contribution < 1.29 is 0 Å². The molecule has 3 nitrogen and oxygen atoms in total. The molecule has 1 heterocycles. The van der Waals surface area contributed by atoms with Crippen molar-refractivity contribution in [3.8, 4) is 0 Å². The van der Waals surface area contributed by atoms with Crippen LogP contribution in [0.25, 0.3) is 0 Å². The molecule has 1 unspecified atom stereocenters. The summed E-state index contributed by atoms with van der Waals surface area (Å²) >= 11 is 18.3. The third-order valence-corrected chi connectivity index (χ3v) is 4.62. The van der Waals surface area contributed by atoms with Crippen LogP contribution in [0.2, 0.25) is 15.1 Å². The lowest BCUT2D eigenvalue weighted by atomic mass is 10.0. The first-order chi connectivity index (χ1) is 9.92. The summed E-state index contributed by atoms with van der Waals surface area (Å²) in [7, 11) is 1.90. The second kappa shape index (κ2) is 7.01. The summed E-state index contributed by atoms with van der Waals surface area (Å²) < 4.78 is 1.82. The zero-order valence-electron chi connectivity index (χ0n) is 12.0. The monoisotopic (exact) mass is 345 g/mol. The molecule has 1 atom stereocenters. The largest absolute Gasteiger partial charge is 0.327 e. The van der Waals surface area contributed by atoms with Gasteiger partial charge >= 0.3 is 0 Å². The van der Waals surface area contributed by atoms with Crippen molar-refractivity contribution in [3.05, 3.63) is 50.2 Å². The van der Waals surface area contributed by atoms with Crippen LogP contribution in [0.4, 0.5) is 0 Å². The molecule has 1 aromatic carbocycles. The standard InChI is InChI=1S/C15H18Cl3N3/c1-3-13-15(18)14(21(2)20-13)8-10(19)6-9-4-5-11(16)12(17)7-9/h4-5,7,10H,3,6,8,19H2,1-2H3. The Morgan fingerprint density at radius 1 is 1.19 bits per heavy atom. The van der Waals surface area contributed by atoms with E-state index in [4.69, 9.17) is 40.5 Å². The van der Waals surface area contributed by atoms with Gasteiger partial charge in [-0.1, -0.05) is 47.8 Å². The predicted octanol–water partition coefficient (Wildman–Crippen LogP) is 4.06. The molecule has 0 aliphatic heterocycles. The highest BCUT2D eigenvalue weighted by atomic mass is 35.5. The van der Waals surface area contributed by atoms with E-state index in [2.05, 4.69) is 5.10 Å². The van der Waals surface area contributed by atoms with Gasteiger partial charge in [0.15, 0.2) is 0 Å². The lowest BCUT2D eigenvalue weighted by molar-refractivity contribution is 0.612. The maximum atomic E-state index is 6.35. The van der Waals surface area contributed by atoms with E-state index in [1.165, 1.54) is 0 Å². The second-order valence-electron chi connectivity index (χ2n) is 5.10. The smallest absolute Gasteiger partial charge is 0.0850 e. The Bertz CT molecular complexity index is 637. The van der Waals surface area contributed by atoms with E-state index in [-0.39, 0.29) is 6.04 Å². The van der Waals surface area contributed by atoms with E-state index in [9.17, 15) is 0 Å². The lowest BCUT2D eigenvalue weighted by Crippen LogP contribution is -2.26. The molecule has 0 amide bonds. The fourth-order valence-electron chi connectivity index (χ4n) is 2.33. The summed E-state index contributed by atoms with van der Waals surface area (Å²) in [6.45, 7) is 2.04. The van der Waals surface area contributed by atoms with E-state index in [1.807, 2.05) is 30.8 Å². The van der Waals surface area contributed by atoms with Gasteiger partial charge in [0.1, 0.15) is 0 Å². The molecule has 0 radical (unpaired) electrons. The van der Waals surface area contributed by atoms with Crippen LogP contribution in [-0.4, -0.2) is 15.8 Å². The summed E-state index contributed by atoms with van der Waals surface area (Å²) in [6.07, 6.45) is 2.19. The number of aryl methyl sites for hydroxylation is 2. The molecule has 0 aliphatic rings. The molecule has 0 fully saturated rings. The van der Waals surface area contributed by atoms with E-state index in [1.54, 1.807) is 6.07 Å². The van der Waals surface area contributed by atoms with Crippen LogP contribution in [0.3, 0.4) is 0 Å². The number of aromatic nitrogens is 2. The Hall–Kier alpha value is -0.740.